The molecule has 2 atom stereocenters. The molecule has 0 aromatic heterocycles. The minimum atomic E-state index is -0.727. The Kier molecular flexibility index (Phi) is 10.7. The molecule has 0 aliphatic heterocycles. The lowest BCUT2D eigenvalue weighted by Crippen LogP contribution is -2.52. The molecule has 3 rings (SSSR count). The van der Waals surface area contributed by atoms with Crippen molar-refractivity contribution < 1.29 is 23.5 Å². The molecule has 7 heteroatoms. The van der Waals surface area contributed by atoms with Crippen LogP contribution in [-0.4, -0.2) is 43.0 Å². The minimum Gasteiger partial charge on any atom is -0.493 e. The number of hydrogen-bond acceptors (Lipinski definition) is 4. The second-order valence-electron chi connectivity index (χ2n) is 9.36. The topological polar surface area (TPSA) is 67.9 Å². The van der Waals surface area contributed by atoms with Gasteiger partial charge in [0.25, 0.3) is 0 Å². The molecule has 0 aliphatic carbocycles. The van der Waals surface area contributed by atoms with Crippen molar-refractivity contribution in [2.45, 2.75) is 58.2 Å². The van der Waals surface area contributed by atoms with Gasteiger partial charge in [-0.2, -0.15) is 0 Å². The lowest BCUT2D eigenvalue weighted by Gasteiger charge is -2.32. The SMILES string of the molecule is CC[C@H](C)NC(=O)[C@@H](Cc1ccccc1)N(Cc1ccc(F)cc1)C(=O)CCc1ccc(OC)c(OC)c1. The van der Waals surface area contributed by atoms with E-state index < -0.39 is 6.04 Å². The second-order valence-corrected chi connectivity index (χ2v) is 9.36. The zero-order valence-electron chi connectivity index (χ0n) is 22.6. The molecule has 38 heavy (non-hydrogen) atoms. The molecule has 3 aromatic rings. The molecule has 0 bridgehead atoms. The molecule has 0 aliphatic rings. The van der Waals surface area contributed by atoms with Crippen molar-refractivity contribution in [2.24, 2.45) is 0 Å². The van der Waals surface area contributed by atoms with Gasteiger partial charge in [0.05, 0.1) is 14.2 Å². The van der Waals surface area contributed by atoms with Crippen LogP contribution in [0.3, 0.4) is 0 Å². The third-order valence-electron chi connectivity index (χ3n) is 6.61. The van der Waals surface area contributed by atoms with E-state index in [1.54, 1.807) is 31.3 Å². The van der Waals surface area contributed by atoms with Gasteiger partial charge in [0.15, 0.2) is 11.5 Å². The van der Waals surface area contributed by atoms with E-state index in [2.05, 4.69) is 5.32 Å². The van der Waals surface area contributed by atoms with Crippen molar-refractivity contribution in [2.75, 3.05) is 14.2 Å². The first-order valence-electron chi connectivity index (χ1n) is 12.9. The number of rotatable bonds is 13. The molecule has 0 saturated carbocycles. The van der Waals surface area contributed by atoms with Gasteiger partial charge in [-0.05, 0) is 60.7 Å². The summed E-state index contributed by atoms with van der Waals surface area (Å²) < 4.78 is 24.3. The molecule has 0 spiro atoms. The predicted octanol–water partition coefficient (Wildman–Crippen LogP) is 5.33. The van der Waals surface area contributed by atoms with Gasteiger partial charge in [-0.15, -0.1) is 0 Å². The quantitative estimate of drug-likeness (QED) is 0.331. The third kappa shape index (κ3) is 8.07. The predicted molar refractivity (Wildman–Crippen MR) is 147 cm³/mol. The number of ether oxygens (including phenoxy) is 2. The average Bonchev–Trinajstić information content (AvgIpc) is 2.94. The molecular weight excluding hydrogens is 483 g/mol. The molecule has 0 heterocycles. The maximum Gasteiger partial charge on any atom is 0.243 e. The van der Waals surface area contributed by atoms with Crippen molar-refractivity contribution in [3.05, 3.63) is 95.3 Å². The van der Waals surface area contributed by atoms with Crippen molar-refractivity contribution in [3.63, 3.8) is 0 Å². The standard InChI is InChI=1S/C31H37FN2O4/c1-5-22(2)33-31(36)27(19-23-9-7-6-8-10-23)34(21-25-11-15-26(32)16-12-25)30(35)18-14-24-13-17-28(37-3)29(20-24)38-4/h6-13,15-17,20,22,27H,5,14,18-19,21H2,1-4H3,(H,33,36)/t22-,27+/m0/s1. The molecule has 202 valence electrons. The lowest BCUT2D eigenvalue weighted by molar-refractivity contribution is -0.141. The van der Waals surface area contributed by atoms with Crippen molar-refractivity contribution >= 4 is 11.8 Å². The summed E-state index contributed by atoms with van der Waals surface area (Å²) in [6.07, 6.45) is 1.80. The largest absolute Gasteiger partial charge is 0.493 e. The Morgan fingerprint density at radius 2 is 1.55 bits per heavy atom. The molecule has 1 N–H and O–H groups in total. The molecule has 2 amide bonds. The second kappa shape index (κ2) is 14.2. The van der Waals surface area contributed by atoms with Gasteiger partial charge in [0, 0.05) is 25.4 Å². The van der Waals surface area contributed by atoms with Crippen LogP contribution in [0.15, 0.2) is 72.8 Å². The van der Waals surface area contributed by atoms with Crippen LogP contribution in [0.5, 0.6) is 11.5 Å². The van der Waals surface area contributed by atoms with E-state index in [1.807, 2.05) is 62.4 Å². The van der Waals surface area contributed by atoms with E-state index in [-0.39, 0.29) is 36.6 Å². The van der Waals surface area contributed by atoms with Gasteiger partial charge in [-0.3, -0.25) is 9.59 Å². The molecule has 3 aromatic carbocycles. The van der Waals surface area contributed by atoms with Crippen LogP contribution in [0.4, 0.5) is 4.39 Å². The Balaban J connectivity index is 1.90. The highest BCUT2D eigenvalue weighted by Gasteiger charge is 2.30. The number of methoxy groups -OCH3 is 2. The fourth-order valence-corrected chi connectivity index (χ4v) is 4.21. The van der Waals surface area contributed by atoms with Gasteiger partial charge in [0.1, 0.15) is 11.9 Å². The van der Waals surface area contributed by atoms with Gasteiger partial charge in [-0.1, -0.05) is 55.5 Å². The summed E-state index contributed by atoms with van der Waals surface area (Å²) in [5.74, 6) is 0.491. The maximum atomic E-state index is 13.8. The van der Waals surface area contributed by atoms with Gasteiger partial charge < -0.3 is 19.7 Å². The summed E-state index contributed by atoms with van der Waals surface area (Å²) in [5.41, 5.74) is 2.62. The van der Waals surface area contributed by atoms with Gasteiger partial charge in [-0.25, -0.2) is 4.39 Å². The highest BCUT2D eigenvalue weighted by molar-refractivity contribution is 5.88. The highest BCUT2D eigenvalue weighted by Crippen LogP contribution is 2.28. The third-order valence-corrected chi connectivity index (χ3v) is 6.61. The number of carbonyl (C=O) groups excluding carboxylic acids is 2. The Bertz CT molecular complexity index is 1180. The van der Waals surface area contributed by atoms with Crippen LogP contribution in [0, 0.1) is 5.82 Å². The smallest absolute Gasteiger partial charge is 0.243 e. The highest BCUT2D eigenvalue weighted by atomic mass is 19.1. The van der Waals surface area contributed by atoms with Crippen LogP contribution < -0.4 is 14.8 Å². The maximum absolute atomic E-state index is 13.8. The normalized spacial score (nSPS) is 12.3. The summed E-state index contributed by atoms with van der Waals surface area (Å²) >= 11 is 0. The number of nitrogens with one attached hydrogen (secondary N) is 1. The van der Waals surface area contributed by atoms with E-state index in [0.717, 1.165) is 23.1 Å². The Morgan fingerprint density at radius 3 is 2.18 bits per heavy atom. The number of nitrogens with zero attached hydrogens (tertiary/aromatic N) is 1. The van der Waals surface area contributed by atoms with E-state index >= 15 is 0 Å². The van der Waals surface area contributed by atoms with Crippen LogP contribution >= 0.6 is 0 Å². The Morgan fingerprint density at radius 1 is 0.895 bits per heavy atom. The monoisotopic (exact) mass is 520 g/mol. The first-order valence-corrected chi connectivity index (χ1v) is 12.9. The number of halogens is 1. The zero-order chi connectivity index (χ0) is 27.5. The van der Waals surface area contributed by atoms with E-state index in [0.29, 0.717) is 24.3 Å². The number of amides is 2. The van der Waals surface area contributed by atoms with Crippen LogP contribution in [-0.2, 0) is 29.0 Å². The number of carbonyl (C=O) groups is 2. The first-order chi connectivity index (χ1) is 18.3. The molecule has 0 unspecified atom stereocenters. The number of benzene rings is 3. The summed E-state index contributed by atoms with van der Waals surface area (Å²) in [6.45, 7) is 4.14. The Hall–Kier alpha value is -3.87. The van der Waals surface area contributed by atoms with Gasteiger partial charge in [0.2, 0.25) is 11.8 Å². The van der Waals surface area contributed by atoms with E-state index in [4.69, 9.17) is 9.47 Å². The Labute approximate surface area is 224 Å². The molecule has 0 saturated heterocycles. The van der Waals surface area contributed by atoms with Crippen LogP contribution in [0.1, 0.15) is 43.4 Å². The summed E-state index contributed by atoms with van der Waals surface area (Å²) in [4.78, 5) is 28.9. The molecule has 6 nitrogen and oxygen atoms in total. The molecule has 0 fully saturated rings. The number of aryl methyl sites for hydroxylation is 1. The van der Waals surface area contributed by atoms with Crippen molar-refractivity contribution in [1.29, 1.82) is 0 Å². The summed E-state index contributed by atoms with van der Waals surface area (Å²) in [5, 5.41) is 3.06. The van der Waals surface area contributed by atoms with Crippen LogP contribution in [0.2, 0.25) is 0 Å². The fourth-order valence-electron chi connectivity index (χ4n) is 4.21. The number of hydrogen-bond donors (Lipinski definition) is 1. The molecular formula is C31H37FN2O4. The zero-order valence-corrected chi connectivity index (χ0v) is 22.6. The van der Waals surface area contributed by atoms with Crippen molar-refractivity contribution in [1.82, 2.24) is 10.2 Å². The van der Waals surface area contributed by atoms with Gasteiger partial charge >= 0.3 is 0 Å². The first kappa shape index (κ1) is 28.7. The van der Waals surface area contributed by atoms with E-state index in [1.165, 1.54) is 12.1 Å². The summed E-state index contributed by atoms with van der Waals surface area (Å²) in [6, 6.07) is 20.5. The fraction of sp³-hybridized carbons (Fsp3) is 0.355. The molecule has 0 radical (unpaired) electrons. The van der Waals surface area contributed by atoms with Crippen LogP contribution in [0.25, 0.3) is 0 Å². The summed E-state index contributed by atoms with van der Waals surface area (Å²) in [7, 11) is 3.15. The van der Waals surface area contributed by atoms with E-state index in [9.17, 15) is 14.0 Å². The minimum absolute atomic E-state index is 0.0321. The average molecular weight is 521 g/mol. The van der Waals surface area contributed by atoms with Crippen molar-refractivity contribution in [3.8, 4) is 11.5 Å². The lowest BCUT2D eigenvalue weighted by atomic mass is 10.0.